The number of carbonyl (C=O) groups excluding carboxylic acids is 1. The Morgan fingerprint density at radius 3 is 2.62 bits per heavy atom. The zero-order valence-corrected chi connectivity index (χ0v) is 13.8. The Hall–Kier alpha value is -1.11. The lowest BCUT2D eigenvalue weighted by molar-refractivity contribution is -0.114. The van der Waals surface area contributed by atoms with E-state index in [1.165, 1.54) is 14.0 Å². The third-order valence-corrected chi connectivity index (χ3v) is 7.86. The van der Waals surface area contributed by atoms with E-state index in [0.717, 1.165) is 15.6 Å². The molecule has 1 unspecified atom stereocenters. The molecule has 1 aliphatic rings. The molecule has 12 heteroatoms. The van der Waals surface area contributed by atoms with Crippen LogP contribution < -0.4 is 5.32 Å². The maximum atomic E-state index is 12.4. The minimum Gasteiger partial charge on any atom is -0.301 e. The number of amides is 1. The van der Waals surface area contributed by atoms with E-state index in [-0.39, 0.29) is 33.3 Å². The van der Waals surface area contributed by atoms with E-state index < -0.39 is 25.9 Å². The van der Waals surface area contributed by atoms with Gasteiger partial charge in [0, 0.05) is 20.0 Å². The number of hydrogen-bond donors (Lipinski definition) is 1. The second-order valence-corrected chi connectivity index (χ2v) is 10.0. The normalized spacial score (nSPS) is 21.6. The Labute approximate surface area is 126 Å². The third kappa shape index (κ3) is 3.56. The molecule has 1 amide bonds. The number of carbonyl (C=O) groups is 1. The van der Waals surface area contributed by atoms with Gasteiger partial charge in [-0.15, -0.1) is 10.2 Å². The number of sulfone groups is 1. The summed E-state index contributed by atoms with van der Waals surface area (Å²) in [5, 5.41) is 9.54. The standard InChI is InChI=1S/C9H14N4O5S3/c1-6(14)10-8-11-12-9(19-8)21(17,18)13(2)7-3-4-20(15,16)5-7/h7H,3-5H2,1-2H3,(H,10,11,14). The molecule has 1 atom stereocenters. The van der Waals surface area contributed by atoms with E-state index >= 15 is 0 Å². The van der Waals surface area contributed by atoms with E-state index in [2.05, 4.69) is 15.5 Å². The lowest BCUT2D eigenvalue weighted by Gasteiger charge is -2.20. The largest absolute Gasteiger partial charge is 0.301 e. The van der Waals surface area contributed by atoms with Gasteiger partial charge in [-0.25, -0.2) is 16.8 Å². The van der Waals surface area contributed by atoms with E-state index in [4.69, 9.17) is 0 Å². The molecule has 0 aromatic carbocycles. The van der Waals surface area contributed by atoms with Crippen LogP contribution in [0.1, 0.15) is 13.3 Å². The molecule has 1 aliphatic heterocycles. The van der Waals surface area contributed by atoms with Crippen molar-refractivity contribution in [3.05, 3.63) is 0 Å². The van der Waals surface area contributed by atoms with Crippen LogP contribution in [0.4, 0.5) is 5.13 Å². The summed E-state index contributed by atoms with van der Waals surface area (Å²) in [5.41, 5.74) is 0. The Balaban J connectivity index is 2.21. The average Bonchev–Trinajstić information content (AvgIpc) is 2.94. The number of nitrogens with zero attached hydrogens (tertiary/aromatic N) is 3. The summed E-state index contributed by atoms with van der Waals surface area (Å²) < 4.78 is 48.3. The highest BCUT2D eigenvalue weighted by atomic mass is 32.2. The number of aromatic nitrogens is 2. The first-order chi connectivity index (χ1) is 9.62. The Kier molecular flexibility index (Phi) is 4.33. The van der Waals surface area contributed by atoms with Gasteiger partial charge < -0.3 is 5.32 Å². The molecule has 0 radical (unpaired) electrons. The number of hydrogen-bond acceptors (Lipinski definition) is 8. The van der Waals surface area contributed by atoms with Gasteiger partial charge in [-0.3, -0.25) is 4.79 Å². The van der Waals surface area contributed by atoms with Gasteiger partial charge in [-0.2, -0.15) is 4.31 Å². The van der Waals surface area contributed by atoms with Crippen LogP contribution in [0, 0.1) is 0 Å². The highest BCUT2D eigenvalue weighted by Gasteiger charge is 2.38. The molecule has 1 aromatic rings. The third-order valence-electron chi connectivity index (χ3n) is 3.01. The summed E-state index contributed by atoms with van der Waals surface area (Å²) in [6, 6.07) is -0.604. The van der Waals surface area contributed by atoms with Crippen molar-refractivity contribution in [3.8, 4) is 0 Å². The zero-order valence-electron chi connectivity index (χ0n) is 11.3. The lowest BCUT2D eigenvalue weighted by atomic mass is 10.3. The van der Waals surface area contributed by atoms with Crippen molar-refractivity contribution in [2.45, 2.75) is 23.7 Å². The molecule has 9 nitrogen and oxygen atoms in total. The van der Waals surface area contributed by atoms with Crippen molar-refractivity contribution < 1.29 is 21.6 Å². The van der Waals surface area contributed by atoms with Crippen molar-refractivity contribution >= 4 is 42.2 Å². The van der Waals surface area contributed by atoms with Crippen molar-refractivity contribution in [2.75, 3.05) is 23.9 Å². The van der Waals surface area contributed by atoms with Crippen LogP contribution >= 0.6 is 11.3 Å². The van der Waals surface area contributed by atoms with Crippen molar-refractivity contribution in [1.82, 2.24) is 14.5 Å². The van der Waals surface area contributed by atoms with Crippen molar-refractivity contribution in [2.24, 2.45) is 0 Å². The minimum absolute atomic E-state index is 0.0230. The Bertz CT molecular complexity index is 754. The molecule has 1 saturated heterocycles. The van der Waals surface area contributed by atoms with E-state index in [1.54, 1.807) is 0 Å². The van der Waals surface area contributed by atoms with Gasteiger partial charge in [0.25, 0.3) is 10.0 Å². The maximum Gasteiger partial charge on any atom is 0.272 e. The Morgan fingerprint density at radius 2 is 2.10 bits per heavy atom. The molecular formula is C9H14N4O5S3. The van der Waals surface area contributed by atoms with Gasteiger partial charge in [0.15, 0.2) is 9.84 Å². The summed E-state index contributed by atoms with van der Waals surface area (Å²) >= 11 is 0.722. The van der Waals surface area contributed by atoms with Gasteiger partial charge in [0.05, 0.1) is 11.5 Å². The van der Waals surface area contributed by atoms with E-state index in [9.17, 15) is 21.6 Å². The number of nitrogens with one attached hydrogen (secondary N) is 1. The molecule has 1 aromatic heterocycles. The van der Waals surface area contributed by atoms with Gasteiger partial charge in [0.1, 0.15) is 0 Å². The van der Waals surface area contributed by atoms with Gasteiger partial charge in [-0.05, 0) is 6.42 Å². The van der Waals surface area contributed by atoms with Crippen LogP contribution in [0.3, 0.4) is 0 Å². The molecule has 0 saturated carbocycles. The molecular weight excluding hydrogens is 340 g/mol. The summed E-state index contributed by atoms with van der Waals surface area (Å²) in [5.74, 6) is -0.601. The monoisotopic (exact) mass is 354 g/mol. The molecule has 0 bridgehead atoms. The first-order valence-electron chi connectivity index (χ1n) is 5.91. The molecule has 0 spiro atoms. The van der Waals surface area contributed by atoms with Crippen molar-refractivity contribution in [3.63, 3.8) is 0 Å². The zero-order chi connectivity index (χ0) is 15.8. The summed E-state index contributed by atoms with van der Waals surface area (Å²) in [6.07, 6.45) is 0.259. The van der Waals surface area contributed by atoms with Gasteiger partial charge in [-0.1, -0.05) is 11.3 Å². The predicted molar refractivity (Wildman–Crippen MR) is 76.2 cm³/mol. The molecule has 1 fully saturated rings. The predicted octanol–water partition coefficient (Wildman–Crippen LogP) is -0.696. The summed E-state index contributed by atoms with van der Waals surface area (Å²) in [7, 11) is -5.79. The minimum atomic E-state index is -3.93. The number of anilines is 1. The molecule has 21 heavy (non-hydrogen) atoms. The number of rotatable bonds is 4. The van der Waals surface area contributed by atoms with E-state index in [0.29, 0.717) is 0 Å². The number of sulfonamides is 1. The van der Waals surface area contributed by atoms with Gasteiger partial charge >= 0.3 is 0 Å². The van der Waals surface area contributed by atoms with E-state index in [1.807, 2.05) is 0 Å². The lowest BCUT2D eigenvalue weighted by Crippen LogP contribution is -2.37. The summed E-state index contributed by atoms with van der Waals surface area (Å²) in [6.45, 7) is 1.27. The van der Waals surface area contributed by atoms with Crippen LogP contribution in [0.15, 0.2) is 4.34 Å². The first kappa shape index (κ1) is 16.3. The Morgan fingerprint density at radius 1 is 1.43 bits per heavy atom. The van der Waals surface area contributed by atoms with Crippen LogP contribution in [-0.4, -0.2) is 61.8 Å². The maximum absolute atomic E-state index is 12.4. The second-order valence-electron chi connectivity index (χ2n) is 4.63. The first-order valence-corrected chi connectivity index (χ1v) is 9.99. The topological polar surface area (TPSA) is 126 Å². The molecule has 2 rings (SSSR count). The fourth-order valence-electron chi connectivity index (χ4n) is 1.90. The average molecular weight is 354 g/mol. The highest BCUT2D eigenvalue weighted by molar-refractivity contribution is 7.92. The van der Waals surface area contributed by atoms with Gasteiger partial charge in [0.2, 0.25) is 15.4 Å². The SMILES string of the molecule is CC(=O)Nc1nnc(S(=O)(=O)N(C)C2CCS(=O)(=O)C2)s1. The second kappa shape index (κ2) is 5.59. The fraction of sp³-hybridized carbons (Fsp3) is 0.667. The van der Waals surface area contributed by atoms with Crippen molar-refractivity contribution in [1.29, 1.82) is 0 Å². The fourth-order valence-corrected chi connectivity index (χ4v) is 6.26. The van der Waals surface area contributed by atoms with Crippen LogP contribution in [0.2, 0.25) is 0 Å². The molecule has 0 aliphatic carbocycles. The molecule has 2 heterocycles. The smallest absolute Gasteiger partial charge is 0.272 e. The summed E-state index contributed by atoms with van der Waals surface area (Å²) in [4.78, 5) is 10.9. The molecule has 1 N–H and O–H groups in total. The van der Waals surface area contributed by atoms with Crippen LogP contribution in [-0.2, 0) is 24.7 Å². The molecule has 118 valence electrons. The highest BCUT2D eigenvalue weighted by Crippen LogP contribution is 2.26. The van der Waals surface area contributed by atoms with Crippen LogP contribution in [0.5, 0.6) is 0 Å². The quantitative estimate of drug-likeness (QED) is 0.709. The van der Waals surface area contributed by atoms with Crippen LogP contribution in [0.25, 0.3) is 0 Å².